The zero-order valence-electron chi connectivity index (χ0n) is 12.9. The van der Waals surface area contributed by atoms with Crippen LogP contribution in [0.4, 0.5) is 0 Å². The van der Waals surface area contributed by atoms with Crippen molar-refractivity contribution in [1.82, 2.24) is 9.55 Å². The Kier molecular flexibility index (Phi) is 2.63. The van der Waals surface area contributed by atoms with Crippen molar-refractivity contribution in [1.29, 1.82) is 0 Å². The Labute approximate surface area is 120 Å². The maximum Gasteiger partial charge on any atom is 0.144 e. The maximum absolute atomic E-state index is 12.6. The van der Waals surface area contributed by atoms with Crippen LogP contribution < -0.4 is 0 Å². The molecular formula is C17H22N2O. The summed E-state index contributed by atoms with van der Waals surface area (Å²) in [5, 5.41) is 0. The number of carbonyl (C=O) groups is 1. The minimum absolute atomic E-state index is 0.106. The molecule has 20 heavy (non-hydrogen) atoms. The first kappa shape index (κ1) is 13.3. The van der Waals surface area contributed by atoms with E-state index in [1.54, 1.807) is 0 Å². The van der Waals surface area contributed by atoms with Crippen molar-refractivity contribution in [2.75, 3.05) is 0 Å². The van der Waals surface area contributed by atoms with Gasteiger partial charge in [0, 0.05) is 13.0 Å². The molecule has 1 heterocycles. The molecule has 0 saturated heterocycles. The standard InChI is InChI=1S/C17H22N2O/c1-16(2)15(17(16,3)4)13(20)10-14-18-11-8-6-7-9-12(11)19(14)5/h6-9,15H,10H2,1-5H3. The number of fused-ring (bicyclic) bond motifs is 1. The van der Waals surface area contributed by atoms with Gasteiger partial charge in [0.25, 0.3) is 0 Å². The number of nitrogens with zero attached hydrogens (tertiary/aromatic N) is 2. The van der Waals surface area contributed by atoms with Gasteiger partial charge in [-0.25, -0.2) is 4.98 Å². The van der Waals surface area contributed by atoms with Gasteiger partial charge >= 0.3 is 0 Å². The van der Waals surface area contributed by atoms with E-state index in [9.17, 15) is 4.79 Å². The number of Topliss-reactive ketones (excluding diaryl/α,β-unsaturated/α-hetero) is 1. The molecule has 1 aliphatic carbocycles. The lowest BCUT2D eigenvalue weighted by Gasteiger charge is -2.03. The van der Waals surface area contributed by atoms with Gasteiger partial charge in [-0.15, -0.1) is 0 Å². The second-order valence-corrected chi connectivity index (χ2v) is 7.10. The molecule has 106 valence electrons. The van der Waals surface area contributed by atoms with E-state index in [0.29, 0.717) is 12.2 Å². The SMILES string of the molecule is Cn1c(CC(=O)C2C(C)(C)C2(C)C)nc2ccccc21. The average Bonchev–Trinajstić information content (AvgIpc) is 2.63. The van der Waals surface area contributed by atoms with Crippen LogP contribution >= 0.6 is 0 Å². The van der Waals surface area contributed by atoms with Crippen LogP contribution in [-0.4, -0.2) is 15.3 Å². The highest BCUT2D eigenvalue weighted by Gasteiger charge is 2.67. The van der Waals surface area contributed by atoms with Crippen molar-refractivity contribution in [3.05, 3.63) is 30.1 Å². The van der Waals surface area contributed by atoms with Crippen molar-refractivity contribution >= 4 is 16.8 Å². The monoisotopic (exact) mass is 270 g/mol. The van der Waals surface area contributed by atoms with Crippen LogP contribution in [-0.2, 0) is 18.3 Å². The average molecular weight is 270 g/mol. The van der Waals surface area contributed by atoms with Crippen LogP contribution in [0, 0.1) is 16.7 Å². The molecule has 2 aromatic rings. The van der Waals surface area contributed by atoms with Crippen LogP contribution in [0.3, 0.4) is 0 Å². The van der Waals surface area contributed by atoms with Crippen molar-refractivity contribution in [2.24, 2.45) is 23.8 Å². The van der Waals surface area contributed by atoms with Gasteiger partial charge in [0.2, 0.25) is 0 Å². The van der Waals surface area contributed by atoms with E-state index < -0.39 is 0 Å². The predicted octanol–water partition coefficient (Wildman–Crippen LogP) is 3.37. The van der Waals surface area contributed by atoms with Crippen LogP contribution in [0.5, 0.6) is 0 Å². The van der Waals surface area contributed by atoms with E-state index in [4.69, 9.17) is 0 Å². The summed E-state index contributed by atoms with van der Waals surface area (Å²) in [5.41, 5.74) is 2.26. The van der Waals surface area contributed by atoms with E-state index in [1.807, 2.05) is 35.9 Å². The highest BCUT2D eigenvalue weighted by Crippen LogP contribution is 2.68. The van der Waals surface area contributed by atoms with Crippen LogP contribution in [0.25, 0.3) is 11.0 Å². The van der Waals surface area contributed by atoms with Crippen molar-refractivity contribution < 1.29 is 4.79 Å². The fraction of sp³-hybridized carbons (Fsp3) is 0.529. The summed E-state index contributed by atoms with van der Waals surface area (Å²) < 4.78 is 2.04. The number of aryl methyl sites for hydroxylation is 1. The van der Waals surface area contributed by atoms with Gasteiger partial charge in [-0.1, -0.05) is 39.8 Å². The Bertz CT molecular complexity index is 680. The van der Waals surface area contributed by atoms with E-state index in [2.05, 4.69) is 32.7 Å². The molecule has 0 atom stereocenters. The summed E-state index contributed by atoms with van der Waals surface area (Å²) in [6.45, 7) is 8.74. The third-order valence-electron chi connectivity index (χ3n) is 5.55. The van der Waals surface area contributed by atoms with Gasteiger partial charge in [0.15, 0.2) is 0 Å². The second-order valence-electron chi connectivity index (χ2n) is 7.10. The van der Waals surface area contributed by atoms with E-state index in [-0.39, 0.29) is 16.7 Å². The second kappa shape index (κ2) is 3.94. The van der Waals surface area contributed by atoms with Crippen molar-refractivity contribution in [3.63, 3.8) is 0 Å². The van der Waals surface area contributed by atoms with E-state index in [1.165, 1.54) is 0 Å². The normalized spacial score (nSPS) is 20.2. The number of rotatable bonds is 3. The number of imidazole rings is 1. The number of ketones is 1. The molecule has 3 nitrogen and oxygen atoms in total. The third-order valence-corrected chi connectivity index (χ3v) is 5.55. The molecule has 1 aliphatic rings. The summed E-state index contributed by atoms with van der Waals surface area (Å²) in [7, 11) is 1.99. The Morgan fingerprint density at radius 1 is 1.20 bits per heavy atom. The van der Waals surface area contributed by atoms with Gasteiger partial charge in [-0.3, -0.25) is 4.79 Å². The molecule has 0 aliphatic heterocycles. The van der Waals surface area contributed by atoms with Gasteiger partial charge in [-0.05, 0) is 23.0 Å². The minimum Gasteiger partial charge on any atom is -0.331 e. The Morgan fingerprint density at radius 3 is 2.35 bits per heavy atom. The van der Waals surface area contributed by atoms with Gasteiger partial charge in [0.1, 0.15) is 11.6 Å². The summed E-state index contributed by atoms with van der Waals surface area (Å²) in [4.78, 5) is 17.2. The Hall–Kier alpha value is -1.64. The number of hydrogen-bond donors (Lipinski definition) is 0. The molecular weight excluding hydrogens is 248 g/mol. The molecule has 0 radical (unpaired) electrons. The first-order chi connectivity index (χ1) is 9.26. The van der Waals surface area contributed by atoms with Crippen molar-refractivity contribution in [3.8, 4) is 0 Å². The first-order valence-corrected chi connectivity index (χ1v) is 7.20. The lowest BCUT2D eigenvalue weighted by molar-refractivity contribution is -0.120. The highest BCUT2D eigenvalue weighted by atomic mass is 16.1. The number of carbonyl (C=O) groups excluding carboxylic acids is 1. The third kappa shape index (κ3) is 1.65. The van der Waals surface area contributed by atoms with Crippen LogP contribution in [0.1, 0.15) is 33.5 Å². The molecule has 0 amide bonds. The molecule has 0 N–H and O–H groups in total. The number of para-hydroxylation sites is 2. The minimum atomic E-state index is 0.106. The largest absolute Gasteiger partial charge is 0.331 e. The lowest BCUT2D eigenvalue weighted by Crippen LogP contribution is -2.13. The topological polar surface area (TPSA) is 34.9 Å². The summed E-state index contributed by atoms with van der Waals surface area (Å²) in [5.74, 6) is 1.34. The first-order valence-electron chi connectivity index (χ1n) is 7.20. The van der Waals surface area contributed by atoms with Crippen LogP contribution in [0.15, 0.2) is 24.3 Å². The number of aromatic nitrogens is 2. The van der Waals surface area contributed by atoms with Gasteiger partial charge in [-0.2, -0.15) is 0 Å². The summed E-state index contributed by atoms with van der Waals surface area (Å²) >= 11 is 0. The molecule has 0 bridgehead atoms. The van der Waals surface area contributed by atoms with E-state index >= 15 is 0 Å². The lowest BCUT2D eigenvalue weighted by atomic mass is 10.0. The van der Waals surface area contributed by atoms with Crippen LogP contribution in [0.2, 0.25) is 0 Å². The van der Waals surface area contributed by atoms with Gasteiger partial charge < -0.3 is 4.57 Å². The Balaban J connectivity index is 1.88. The molecule has 0 unspecified atom stereocenters. The highest BCUT2D eigenvalue weighted by molar-refractivity contribution is 5.88. The van der Waals surface area contributed by atoms with Gasteiger partial charge in [0.05, 0.1) is 17.5 Å². The van der Waals surface area contributed by atoms with Crippen molar-refractivity contribution in [2.45, 2.75) is 34.1 Å². The quantitative estimate of drug-likeness (QED) is 0.857. The van der Waals surface area contributed by atoms with E-state index in [0.717, 1.165) is 16.9 Å². The predicted molar refractivity (Wildman–Crippen MR) is 80.5 cm³/mol. The smallest absolute Gasteiger partial charge is 0.144 e. The zero-order valence-corrected chi connectivity index (χ0v) is 12.9. The Morgan fingerprint density at radius 2 is 1.80 bits per heavy atom. The summed E-state index contributed by atoms with van der Waals surface area (Å²) in [6, 6.07) is 8.02. The maximum atomic E-state index is 12.6. The molecule has 1 fully saturated rings. The fourth-order valence-corrected chi connectivity index (χ4v) is 3.61. The number of hydrogen-bond acceptors (Lipinski definition) is 2. The molecule has 3 rings (SSSR count). The molecule has 1 aromatic carbocycles. The molecule has 3 heteroatoms. The molecule has 0 spiro atoms. The zero-order chi connectivity index (χ0) is 14.7. The number of benzene rings is 1. The summed E-state index contributed by atoms with van der Waals surface area (Å²) in [6.07, 6.45) is 0.433. The fourth-order valence-electron chi connectivity index (χ4n) is 3.61. The molecule has 1 saturated carbocycles. The molecule has 1 aromatic heterocycles.